The van der Waals surface area contributed by atoms with Crippen molar-refractivity contribution in [1.29, 1.82) is 0 Å². The van der Waals surface area contributed by atoms with E-state index < -0.39 is 0 Å². The monoisotopic (exact) mass is 368 g/mol. The topological polar surface area (TPSA) is 62.9 Å². The molecule has 2 aromatic rings. The summed E-state index contributed by atoms with van der Waals surface area (Å²) in [5, 5.41) is 3.47. The second-order valence-corrected chi connectivity index (χ2v) is 6.32. The molecule has 0 bridgehead atoms. The second-order valence-electron chi connectivity index (χ2n) is 6.32. The van der Waals surface area contributed by atoms with Crippen LogP contribution in [0.2, 0.25) is 0 Å². The number of nitrogens with two attached hydrogens (primary N) is 1. The number of ether oxygens (including phenoxy) is 1. The fraction of sp³-hybridized carbons (Fsp3) is 0.409. The molecule has 0 saturated carbocycles. The van der Waals surface area contributed by atoms with Gasteiger partial charge < -0.3 is 20.7 Å². The van der Waals surface area contributed by atoms with Crippen LogP contribution in [0.25, 0.3) is 0 Å². The Hall–Kier alpha value is -2.53. The van der Waals surface area contributed by atoms with Crippen LogP contribution in [0.4, 0.5) is 17.1 Å². The summed E-state index contributed by atoms with van der Waals surface area (Å²) in [6.07, 6.45) is 2.71. The van der Waals surface area contributed by atoms with Crippen molar-refractivity contribution >= 4 is 23.3 Å². The fourth-order valence-corrected chi connectivity index (χ4v) is 2.83. The largest absolute Gasteiger partial charge is 0.494 e. The molecule has 5 heteroatoms. The Balaban J connectivity index is 1.97. The van der Waals surface area contributed by atoms with E-state index in [1.54, 1.807) is 0 Å². The molecule has 0 aliphatic heterocycles. The lowest BCUT2D eigenvalue weighted by Gasteiger charge is -2.19. The quantitative estimate of drug-likeness (QED) is 0.457. The van der Waals surface area contributed by atoms with E-state index in [0.29, 0.717) is 6.61 Å². The van der Waals surface area contributed by atoms with Gasteiger partial charge in [-0.2, -0.15) is 0 Å². The van der Waals surface area contributed by atoms with Crippen molar-refractivity contribution in [3.05, 3.63) is 48.0 Å². The third-order valence-electron chi connectivity index (χ3n) is 4.45. The molecule has 0 radical (unpaired) electrons. The van der Waals surface area contributed by atoms with Gasteiger partial charge >= 0.3 is 0 Å². The highest BCUT2D eigenvalue weighted by atomic mass is 16.5. The van der Waals surface area contributed by atoms with Gasteiger partial charge in [-0.25, -0.2) is 0 Å². The highest BCUT2D eigenvalue weighted by Gasteiger charge is 2.03. The Morgan fingerprint density at radius 1 is 1.07 bits per heavy atom. The molecule has 0 unspecified atom stereocenters. The Morgan fingerprint density at radius 3 is 2.48 bits per heavy atom. The average Bonchev–Trinajstić information content (AvgIpc) is 2.68. The lowest BCUT2D eigenvalue weighted by molar-refractivity contribution is 0.316. The van der Waals surface area contributed by atoms with Crippen LogP contribution in [0.3, 0.4) is 0 Å². The summed E-state index contributed by atoms with van der Waals surface area (Å²) in [5.74, 6) is 0.899. The standard InChI is InChI=1S/C22H32N4O/c1-4-26(5-2)16-15-25-22-17-19(23)9-12-21(22)24-14-13-18-7-10-20(11-8-18)27-6-3/h7-12,14,17,25H,4-6,13,15-16,23H2,1-3H3. The zero-order chi connectivity index (χ0) is 19.5. The van der Waals surface area contributed by atoms with Crippen molar-refractivity contribution in [1.82, 2.24) is 4.90 Å². The van der Waals surface area contributed by atoms with Crippen LogP contribution in [0.15, 0.2) is 47.5 Å². The lowest BCUT2D eigenvalue weighted by atomic mass is 10.1. The minimum atomic E-state index is 0.683. The normalized spacial score (nSPS) is 11.3. The van der Waals surface area contributed by atoms with Gasteiger partial charge in [0.2, 0.25) is 0 Å². The molecule has 27 heavy (non-hydrogen) atoms. The van der Waals surface area contributed by atoms with Crippen LogP contribution in [0.1, 0.15) is 26.3 Å². The van der Waals surface area contributed by atoms with Crippen molar-refractivity contribution in [3.63, 3.8) is 0 Å². The summed E-state index contributed by atoms with van der Waals surface area (Å²) >= 11 is 0. The number of nitrogens with one attached hydrogen (secondary N) is 1. The lowest BCUT2D eigenvalue weighted by Crippen LogP contribution is -2.28. The maximum Gasteiger partial charge on any atom is 0.119 e. The summed E-state index contributed by atoms with van der Waals surface area (Å²) in [5.41, 5.74) is 9.79. The number of nitrogens with zero attached hydrogens (tertiary/aromatic N) is 2. The summed E-state index contributed by atoms with van der Waals surface area (Å²) in [7, 11) is 0. The molecule has 0 atom stereocenters. The Kier molecular flexibility index (Phi) is 8.65. The highest BCUT2D eigenvalue weighted by molar-refractivity contribution is 5.76. The summed E-state index contributed by atoms with van der Waals surface area (Å²) in [6.45, 7) is 11.0. The third-order valence-corrected chi connectivity index (χ3v) is 4.45. The van der Waals surface area contributed by atoms with Gasteiger partial charge in [0, 0.05) is 31.4 Å². The van der Waals surface area contributed by atoms with Crippen LogP contribution in [-0.2, 0) is 6.42 Å². The molecule has 0 aliphatic carbocycles. The zero-order valence-corrected chi connectivity index (χ0v) is 16.7. The van der Waals surface area contributed by atoms with Crippen molar-refractivity contribution in [3.8, 4) is 5.75 Å². The molecular formula is C22H32N4O. The number of anilines is 2. The molecule has 0 fully saturated rings. The molecule has 0 saturated heterocycles. The Labute approximate surface area is 163 Å². The number of hydrogen-bond donors (Lipinski definition) is 2. The fourth-order valence-electron chi connectivity index (χ4n) is 2.83. The molecular weight excluding hydrogens is 336 g/mol. The predicted octanol–water partition coefficient (Wildman–Crippen LogP) is 4.37. The molecule has 0 amide bonds. The zero-order valence-electron chi connectivity index (χ0n) is 16.7. The summed E-state index contributed by atoms with van der Waals surface area (Å²) in [4.78, 5) is 7.03. The van der Waals surface area contributed by atoms with Crippen molar-refractivity contribution in [2.24, 2.45) is 4.99 Å². The third kappa shape index (κ3) is 6.94. The smallest absolute Gasteiger partial charge is 0.119 e. The van der Waals surface area contributed by atoms with Gasteiger partial charge in [0.15, 0.2) is 0 Å². The van der Waals surface area contributed by atoms with E-state index in [2.05, 4.69) is 41.2 Å². The van der Waals surface area contributed by atoms with Gasteiger partial charge in [-0.3, -0.25) is 4.99 Å². The Morgan fingerprint density at radius 2 is 1.81 bits per heavy atom. The van der Waals surface area contributed by atoms with Gasteiger partial charge in [0.1, 0.15) is 5.75 Å². The van der Waals surface area contributed by atoms with E-state index in [4.69, 9.17) is 10.5 Å². The predicted molar refractivity (Wildman–Crippen MR) is 117 cm³/mol. The van der Waals surface area contributed by atoms with Crippen LogP contribution in [-0.4, -0.2) is 43.9 Å². The average molecular weight is 369 g/mol. The van der Waals surface area contributed by atoms with Crippen molar-refractivity contribution < 1.29 is 4.74 Å². The molecule has 5 nitrogen and oxygen atoms in total. The van der Waals surface area contributed by atoms with Gasteiger partial charge in [-0.15, -0.1) is 0 Å². The van der Waals surface area contributed by atoms with Gasteiger partial charge in [-0.05, 0) is 55.9 Å². The minimum absolute atomic E-state index is 0.683. The number of aliphatic imine (C=N–C) groups is 1. The molecule has 0 aromatic heterocycles. The van der Waals surface area contributed by atoms with E-state index in [-0.39, 0.29) is 0 Å². The van der Waals surface area contributed by atoms with E-state index in [9.17, 15) is 0 Å². The number of likely N-dealkylation sites (N-methyl/N-ethyl adjacent to an activating group) is 1. The molecule has 0 aliphatic rings. The van der Waals surface area contributed by atoms with Crippen LogP contribution >= 0.6 is 0 Å². The van der Waals surface area contributed by atoms with E-state index in [0.717, 1.165) is 55.4 Å². The number of benzene rings is 2. The number of rotatable bonds is 11. The molecule has 0 heterocycles. The van der Waals surface area contributed by atoms with E-state index in [1.165, 1.54) is 5.56 Å². The maximum absolute atomic E-state index is 5.96. The molecule has 0 spiro atoms. The van der Waals surface area contributed by atoms with Crippen molar-refractivity contribution in [2.75, 3.05) is 43.8 Å². The second kappa shape index (κ2) is 11.2. The first-order valence-corrected chi connectivity index (χ1v) is 9.76. The van der Waals surface area contributed by atoms with E-state index >= 15 is 0 Å². The van der Waals surface area contributed by atoms with Gasteiger partial charge in [-0.1, -0.05) is 26.0 Å². The van der Waals surface area contributed by atoms with E-state index in [1.807, 2.05) is 43.5 Å². The van der Waals surface area contributed by atoms with Gasteiger partial charge in [0.05, 0.1) is 18.0 Å². The molecule has 3 N–H and O–H groups in total. The summed E-state index contributed by atoms with van der Waals surface area (Å²) < 4.78 is 5.47. The molecule has 146 valence electrons. The number of nitrogen functional groups attached to an aromatic ring is 1. The van der Waals surface area contributed by atoms with Crippen LogP contribution in [0.5, 0.6) is 5.75 Å². The van der Waals surface area contributed by atoms with Crippen LogP contribution < -0.4 is 15.8 Å². The number of hydrogen-bond acceptors (Lipinski definition) is 5. The van der Waals surface area contributed by atoms with Crippen molar-refractivity contribution in [2.45, 2.75) is 27.2 Å². The maximum atomic E-state index is 5.96. The first-order chi connectivity index (χ1) is 13.2. The van der Waals surface area contributed by atoms with Gasteiger partial charge in [0.25, 0.3) is 0 Å². The minimum Gasteiger partial charge on any atom is -0.494 e. The SMILES string of the molecule is CCOc1ccc(CC=Nc2ccc(N)cc2NCCN(CC)CC)cc1. The highest BCUT2D eigenvalue weighted by Crippen LogP contribution is 2.27. The molecule has 2 aromatic carbocycles. The first-order valence-electron chi connectivity index (χ1n) is 9.76. The Bertz CT molecular complexity index is 709. The summed E-state index contributed by atoms with van der Waals surface area (Å²) in [6, 6.07) is 13.9. The first kappa shape index (κ1) is 20.8. The molecule has 2 rings (SSSR count). The van der Waals surface area contributed by atoms with Crippen LogP contribution in [0, 0.1) is 0 Å².